The molecule has 1 saturated heterocycles. The van der Waals surface area contributed by atoms with Gasteiger partial charge in [0.05, 0.1) is 24.4 Å². The van der Waals surface area contributed by atoms with E-state index in [1.165, 1.54) is 19.2 Å². The van der Waals surface area contributed by atoms with Crippen LogP contribution in [-0.4, -0.2) is 62.5 Å². The number of ether oxygens (including phenoxy) is 2. The smallest absolute Gasteiger partial charge is 0.283 e. The van der Waals surface area contributed by atoms with Crippen molar-refractivity contribution in [1.29, 1.82) is 0 Å². The average Bonchev–Trinajstić information content (AvgIpc) is 3.47. The molecule has 4 aromatic rings. The molecule has 1 aliphatic rings. The van der Waals surface area contributed by atoms with Gasteiger partial charge < -0.3 is 14.4 Å². The highest BCUT2D eigenvalue weighted by molar-refractivity contribution is 7.90. The maximum atomic E-state index is 13.3. The van der Waals surface area contributed by atoms with E-state index in [1.807, 2.05) is 24.4 Å². The second kappa shape index (κ2) is 10.2. The fourth-order valence-corrected chi connectivity index (χ4v) is 5.68. The Hall–Kier alpha value is -3.96. The number of nitrogens with one attached hydrogen (secondary N) is 1. The summed E-state index contributed by atoms with van der Waals surface area (Å²) < 4.78 is 41.2. The van der Waals surface area contributed by atoms with Gasteiger partial charge in [0.15, 0.2) is 0 Å². The minimum absolute atomic E-state index is 0.0227. The Morgan fingerprint density at radius 1 is 1.05 bits per heavy atom. The lowest BCUT2D eigenvalue weighted by Crippen LogP contribution is -2.37. The Labute approximate surface area is 214 Å². The van der Waals surface area contributed by atoms with Crippen LogP contribution < -0.4 is 14.4 Å². The zero-order valence-corrected chi connectivity index (χ0v) is 21.3. The number of sulfonamides is 1. The topological polar surface area (TPSA) is 116 Å². The van der Waals surface area contributed by atoms with Crippen LogP contribution in [0.25, 0.3) is 16.6 Å². The normalized spacial score (nSPS) is 14.6. The number of hydrogen-bond acceptors (Lipinski definition) is 8. The molecule has 5 rings (SSSR count). The molecule has 2 aromatic heterocycles. The number of nitrogens with zero attached hydrogens (tertiary/aromatic N) is 4. The SMILES string of the molecule is COc1ccc(N2CCC(OC)CC2)cc1S(=O)(=O)NC(=O)c1ccc2c(-n3cccn3)cccc2n1. The first-order chi connectivity index (χ1) is 17.9. The predicted octanol–water partition coefficient (Wildman–Crippen LogP) is 3.16. The summed E-state index contributed by atoms with van der Waals surface area (Å²) in [6.07, 6.45) is 5.36. The van der Waals surface area contributed by atoms with Crippen molar-refractivity contribution < 1.29 is 22.7 Å². The molecule has 0 saturated carbocycles. The van der Waals surface area contributed by atoms with Gasteiger partial charge in [-0.1, -0.05) is 6.07 Å². The number of carbonyl (C=O) groups is 1. The van der Waals surface area contributed by atoms with Crippen LogP contribution in [0.1, 0.15) is 23.3 Å². The van der Waals surface area contributed by atoms with E-state index in [2.05, 4.69) is 19.7 Å². The molecule has 192 valence electrons. The summed E-state index contributed by atoms with van der Waals surface area (Å²) in [5, 5.41) is 5.03. The number of aromatic nitrogens is 3. The van der Waals surface area contributed by atoms with Gasteiger partial charge in [-0.2, -0.15) is 5.10 Å². The molecule has 37 heavy (non-hydrogen) atoms. The Bertz CT molecular complexity index is 1530. The molecular formula is C26H27N5O5S. The van der Waals surface area contributed by atoms with E-state index in [0.717, 1.165) is 42.7 Å². The standard InChI is InChI=1S/C26H27N5O5S/c1-35-19-11-15-30(16-12-19)18-7-10-24(36-2)25(17-18)37(33,34)29-26(32)22-9-8-20-21(28-22)5-3-6-23(20)31-14-4-13-27-31/h3-10,13-14,17,19H,11-12,15-16H2,1-2H3,(H,29,32). The summed E-state index contributed by atoms with van der Waals surface area (Å²) in [4.78, 5) is 19.4. The van der Waals surface area contributed by atoms with Crippen LogP contribution >= 0.6 is 0 Å². The number of anilines is 1. The van der Waals surface area contributed by atoms with Gasteiger partial charge in [0, 0.05) is 43.7 Å². The molecule has 3 heterocycles. The largest absolute Gasteiger partial charge is 0.495 e. The highest BCUT2D eigenvalue weighted by atomic mass is 32.2. The highest BCUT2D eigenvalue weighted by Gasteiger charge is 2.26. The lowest BCUT2D eigenvalue weighted by molar-refractivity contribution is 0.0819. The van der Waals surface area contributed by atoms with Crippen LogP contribution in [0.15, 0.2) is 71.9 Å². The second-order valence-corrected chi connectivity index (χ2v) is 10.3. The number of benzene rings is 2. The Morgan fingerprint density at radius 2 is 1.86 bits per heavy atom. The molecule has 1 N–H and O–H groups in total. The van der Waals surface area contributed by atoms with Crippen molar-refractivity contribution >= 4 is 32.5 Å². The molecule has 0 atom stereocenters. The molecule has 0 unspecified atom stereocenters. The monoisotopic (exact) mass is 521 g/mol. The van der Waals surface area contributed by atoms with Crippen LogP contribution in [0.5, 0.6) is 5.75 Å². The molecule has 10 nitrogen and oxygen atoms in total. The van der Waals surface area contributed by atoms with E-state index >= 15 is 0 Å². The first kappa shape index (κ1) is 24.7. The Balaban J connectivity index is 1.41. The molecule has 0 aliphatic carbocycles. The van der Waals surface area contributed by atoms with Gasteiger partial charge in [0.1, 0.15) is 16.3 Å². The summed E-state index contributed by atoms with van der Waals surface area (Å²) in [6.45, 7) is 1.47. The number of rotatable bonds is 7. The maximum Gasteiger partial charge on any atom is 0.283 e. The fraction of sp³-hybridized carbons (Fsp3) is 0.269. The van der Waals surface area contributed by atoms with Crippen LogP contribution in [0.2, 0.25) is 0 Å². The third-order valence-corrected chi connectivity index (χ3v) is 7.85. The zero-order chi connectivity index (χ0) is 26.0. The first-order valence-corrected chi connectivity index (χ1v) is 13.3. The van der Waals surface area contributed by atoms with Crippen molar-refractivity contribution in [2.45, 2.75) is 23.8 Å². The second-order valence-electron chi connectivity index (χ2n) is 8.68. The summed E-state index contributed by atoms with van der Waals surface area (Å²) in [7, 11) is -1.16. The number of methoxy groups -OCH3 is 2. The molecular weight excluding hydrogens is 494 g/mol. The van der Waals surface area contributed by atoms with E-state index in [1.54, 1.807) is 42.3 Å². The van der Waals surface area contributed by atoms with Crippen molar-refractivity contribution in [3.63, 3.8) is 0 Å². The lowest BCUT2D eigenvalue weighted by atomic mass is 10.1. The summed E-state index contributed by atoms with van der Waals surface area (Å²) in [5.41, 5.74) is 2.05. The quantitative estimate of drug-likeness (QED) is 0.394. The number of hydrogen-bond donors (Lipinski definition) is 1. The minimum Gasteiger partial charge on any atom is -0.495 e. The molecule has 2 aromatic carbocycles. The molecule has 11 heteroatoms. The minimum atomic E-state index is -4.25. The first-order valence-electron chi connectivity index (χ1n) is 11.8. The van der Waals surface area contributed by atoms with Crippen molar-refractivity contribution in [3.8, 4) is 11.4 Å². The zero-order valence-electron chi connectivity index (χ0n) is 20.5. The summed E-state index contributed by atoms with van der Waals surface area (Å²) in [6, 6.07) is 15.4. The van der Waals surface area contributed by atoms with E-state index in [4.69, 9.17) is 9.47 Å². The molecule has 0 spiro atoms. The number of pyridine rings is 1. The van der Waals surface area contributed by atoms with E-state index in [0.29, 0.717) is 5.52 Å². The molecule has 1 fully saturated rings. The number of fused-ring (bicyclic) bond motifs is 1. The van der Waals surface area contributed by atoms with Gasteiger partial charge >= 0.3 is 0 Å². The lowest BCUT2D eigenvalue weighted by Gasteiger charge is -2.33. The van der Waals surface area contributed by atoms with Crippen LogP contribution in [0.4, 0.5) is 5.69 Å². The molecule has 1 aliphatic heterocycles. The van der Waals surface area contributed by atoms with E-state index in [-0.39, 0.29) is 22.4 Å². The number of piperidine rings is 1. The summed E-state index contributed by atoms with van der Waals surface area (Å²) >= 11 is 0. The third-order valence-electron chi connectivity index (χ3n) is 6.50. The van der Waals surface area contributed by atoms with Crippen LogP contribution in [-0.2, 0) is 14.8 Å². The van der Waals surface area contributed by atoms with Crippen molar-refractivity contribution in [2.75, 3.05) is 32.2 Å². The van der Waals surface area contributed by atoms with E-state index in [9.17, 15) is 13.2 Å². The summed E-state index contributed by atoms with van der Waals surface area (Å²) in [5.74, 6) is -0.689. The van der Waals surface area contributed by atoms with Gasteiger partial charge in [-0.05, 0) is 61.4 Å². The van der Waals surface area contributed by atoms with E-state index < -0.39 is 15.9 Å². The third kappa shape index (κ3) is 5.00. The van der Waals surface area contributed by atoms with Gasteiger partial charge in [-0.3, -0.25) is 4.79 Å². The molecule has 0 bridgehead atoms. The van der Waals surface area contributed by atoms with Gasteiger partial charge in [0.2, 0.25) is 0 Å². The van der Waals surface area contributed by atoms with Crippen LogP contribution in [0, 0.1) is 0 Å². The van der Waals surface area contributed by atoms with Gasteiger partial charge in [-0.25, -0.2) is 22.8 Å². The van der Waals surface area contributed by atoms with Crippen molar-refractivity contribution in [1.82, 2.24) is 19.5 Å². The average molecular weight is 522 g/mol. The van der Waals surface area contributed by atoms with Crippen molar-refractivity contribution in [3.05, 3.63) is 72.7 Å². The van der Waals surface area contributed by atoms with Gasteiger partial charge in [-0.15, -0.1) is 0 Å². The number of amides is 1. The Morgan fingerprint density at radius 3 is 2.57 bits per heavy atom. The van der Waals surface area contributed by atoms with Crippen molar-refractivity contribution in [2.24, 2.45) is 0 Å². The molecule has 0 radical (unpaired) electrons. The number of carbonyl (C=O) groups excluding carboxylic acids is 1. The molecule has 1 amide bonds. The Kier molecular flexibility index (Phi) is 6.81. The van der Waals surface area contributed by atoms with Crippen LogP contribution in [0.3, 0.4) is 0 Å². The fourth-order valence-electron chi connectivity index (χ4n) is 4.53. The highest BCUT2D eigenvalue weighted by Crippen LogP contribution is 2.31. The van der Waals surface area contributed by atoms with Gasteiger partial charge in [0.25, 0.3) is 15.9 Å². The maximum absolute atomic E-state index is 13.3. The predicted molar refractivity (Wildman–Crippen MR) is 139 cm³/mol.